The minimum Gasteiger partial charge on any atom is -0.464 e. The van der Waals surface area contributed by atoms with Crippen LogP contribution < -0.4 is 0 Å². The van der Waals surface area contributed by atoms with E-state index in [4.69, 9.17) is 5.11 Å². The molecule has 0 radical (unpaired) electrons. The summed E-state index contributed by atoms with van der Waals surface area (Å²) in [6.45, 7) is 0. The second-order valence-corrected chi connectivity index (χ2v) is 1.69. The van der Waals surface area contributed by atoms with Crippen molar-refractivity contribution in [2.75, 3.05) is 0 Å². The van der Waals surface area contributed by atoms with E-state index in [2.05, 4.69) is 25.6 Å². The third kappa shape index (κ3) is 17.7. The minimum atomic E-state index is -1.18. The Morgan fingerprint density at radius 2 is 1.44 bits per heavy atom. The summed E-state index contributed by atoms with van der Waals surface area (Å²) in [5.41, 5.74) is 0. The van der Waals surface area contributed by atoms with E-state index in [-0.39, 0.29) is 34.3 Å². The van der Waals surface area contributed by atoms with Gasteiger partial charge in [-0.2, -0.15) is 3.71 Å². The zero-order valence-electron chi connectivity index (χ0n) is 5.40. The average molecular weight is 221 g/mol. The summed E-state index contributed by atoms with van der Waals surface area (Å²) in [5, 5.41) is 7.76. The van der Waals surface area contributed by atoms with Gasteiger partial charge < -0.3 is 20.0 Å². The van der Waals surface area contributed by atoms with Crippen LogP contribution in [0.25, 0.3) is 0 Å². The predicted octanol–water partition coefficient (Wildman–Crippen LogP) is 1.55. The molecule has 0 rings (SSSR count). The second-order valence-electron chi connectivity index (χ2n) is 0.572. The minimum absolute atomic E-state index is 0. The van der Waals surface area contributed by atoms with Crippen molar-refractivity contribution in [2.45, 2.75) is 0 Å². The molecule has 1 N–H and O–H groups in total. The third-order valence-electron chi connectivity index (χ3n) is 0.171. The Hall–Kier alpha value is 0.593. The van der Waals surface area contributed by atoms with Gasteiger partial charge in [0, 0.05) is 0 Å². The van der Waals surface area contributed by atoms with Gasteiger partial charge in [-0.15, -0.1) is 0 Å². The molecule has 52 valence electrons. The van der Waals surface area contributed by atoms with Gasteiger partial charge in [0.25, 0.3) is 0 Å². The average Bonchev–Trinajstić information content (AvgIpc) is 1.36. The normalized spacial score (nSPS) is 5.11. The molecule has 0 aromatic rings. The number of hydrogen-bond donors (Lipinski definition) is 3. The number of amides is 1. The Morgan fingerprint density at radius 1 is 1.33 bits per heavy atom. The Bertz CT molecular complexity index is 70.8. The smallest absolute Gasteiger partial charge is 0.464 e. The first-order valence-electron chi connectivity index (χ1n) is 1.05. The summed E-state index contributed by atoms with van der Waals surface area (Å²) >= 11 is 6.58. The van der Waals surface area contributed by atoms with Crippen LogP contribution in [0.5, 0.6) is 0 Å². The molecule has 6 heteroatoms. The van der Waals surface area contributed by atoms with E-state index in [9.17, 15) is 4.79 Å². The van der Waals surface area contributed by atoms with Crippen molar-refractivity contribution in [3.63, 3.8) is 0 Å². The molecule has 0 atom stereocenters. The zero-order chi connectivity index (χ0) is 5.15. The first kappa shape index (κ1) is 22.6. The number of thiol groups is 2. The Kier molecular flexibility index (Phi) is 28.7. The number of rotatable bonds is 0. The van der Waals surface area contributed by atoms with Crippen LogP contribution in [0.1, 0.15) is 0 Å². The molecule has 0 aromatic carbocycles. The van der Waals surface area contributed by atoms with E-state index >= 15 is 0 Å². The molecule has 3 nitrogen and oxygen atoms in total. The van der Waals surface area contributed by atoms with Gasteiger partial charge in [0.1, 0.15) is 0 Å². The molecule has 0 saturated heterocycles. The fourth-order valence-corrected chi connectivity index (χ4v) is 0. The molecule has 0 spiro atoms. The maximum Gasteiger partial charge on any atom is 2.00 e. The van der Waals surface area contributed by atoms with Crippen LogP contribution in [-0.4, -0.2) is 14.9 Å². The number of nitrogens with zero attached hydrogens (tertiary/aromatic N) is 1. The number of hydrogen-bond acceptors (Lipinski definition) is 3. The first-order chi connectivity index (χ1) is 2.64. The van der Waals surface area contributed by atoms with Gasteiger partial charge in [0.2, 0.25) is 0 Å². The van der Waals surface area contributed by atoms with E-state index in [0.717, 1.165) is 0 Å². The van der Waals surface area contributed by atoms with Crippen LogP contribution in [0.2, 0.25) is 0 Å². The summed E-state index contributed by atoms with van der Waals surface area (Å²) in [6, 6.07) is 0. The molecule has 0 bridgehead atoms. The largest absolute Gasteiger partial charge is 2.00 e. The molecule has 0 aliphatic carbocycles. The molecule has 0 fully saturated rings. The van der Waals surface area contributed by atoms with Crippen molar-refractivity contribution in [1.82, 2.24) is 3.71 Å². The summed E-state index contributed by atoms with van der Waals surface area (Å²) in [6.07, 6.45) is -1.18. The zero-order valence-corrected chi connectivity index (χ0v) is 10.2. The van der Waals surface area contributed by atoms with Gasteiger partial charge in [-0.25, -0.2) is 4.79 Å². The van der Waals surface area contributed by atoms with Gasteiger partial charge in [-0.1, -0.05) is 0 Å². The first-order valence-corrected chi connectivity index (χ1v) is 1.85. The fraction of sp³-hybridized carbons (Fsp3) is 0. The Balaban J connectivity index is -0.0000000417. The van der Waals surface area contributed by atoms with Crippen molar-refractivity contribution >= 4 is 31.7 Å². The Labute approximate surface area is 79.7 Å². The molecule has 0 heterocycles. The molecule has 9 heavy (non-hydrogen) atoms. The summed E-state index contributed by atoms with van der Waals surface area (Å²) in [5.74, 6) is 0. The maximum absolute atomic E-state index is 9.47. The van der Waals surface area contributed by atoms with Gasteiger partial charge in [0.15, 0.2) is 0 Å². The van der Waals surface area contributed by atoms with Crippen molar-refractivity contribution < 1.29 is 29.4 Å². The molecule has 1 amide bonds. The molecule has 0 unspecified atom stereocenters. The quantitative estimate of drug-likeness (QED) is 0.329. The van der Waals surface area contributed by atoms with Gasteiger partial charge in [-0.05, 0) is 25.6 Å². The predicted molar refractivity (Wildman–Crippen MR) is 40.7 cm³/mol. The maximum atomic E-state index is 9.47. The van der Waals surface area contributed by atoms with Gasteiger partial charge in [-0.3, -0.25) is 0 Å². The summed E-state index contributed by atoms with van der Waals surface area (Å²) < 4.78 is 0.472. The summed E-state index contributed by atoms with van der Waals surface area (Å²) in [4.78, 5) is 9.47. The van der Waals surface area contributed by atoms with Gasteiger partial charge >= 0.3 is 25.6 Å². The standard InChI is InChI=1S/CH3NO2S2.2CH3.Zn/c3-1(4)2(5)6;;;/h5-6H,(H,3,4);2*1H3;/q;2*-1;+2. The van der Waals surface area contributed by atoms with Crippen molar-refractivity contribution in [3.8, 4) is 0 Å². The fourth-order valence-electron chi connectivity index (χ4n) is 0. The van der Waals surface area contributed by atoms with E-state index in [1.807, 2.05) is 0 Å². The molecular formula is C3H9NO2S2Zn. The number of carboxylic acid groups (broad SMARTS) is 1. The van der Waals surface area contributed by atoms with E-state index in [0.29, 0.717) is 3.71 Å². The van der Waals surface area contributed by atoms with E-state index in [1.54, 1.807) is 0 Å². The van der Waals surface area contributed by atoms with Crippen molar-refractivity contribution in [3.05, 3.63) is 14.9 Å². The summed E-state index contributed by atoms with van der Waals surface area (Å²) in [7, 11) is 0. The third-order valence-corrected chi connectivity index (χ3v) is 0.513. The van der Waals surface area contributed by atoms with E-state index in [1.165, 1.54) is 0 Å². The second kappa shape index (κ2) is 11.4. The SMILES string of the molecule is O=C(O)N(S)S.[CH3-].[CH3-].[Zn+2]. The van der Waals surface area contributed by atoms with Crippen molar-refractivity contribution in [2.24, 2.45) is 0 Å². The van der Waals surface area contributed by atoms with Crippen molar-refractivity contribution in [1.29, 1.82) is 0 Å². The number of carbonyl (C=O) groups is 1. The molecular weight excluding hydrogens is 212 g/mol. The van der Waals surface area contributed by atoms with Crippen LogP contribution in [-0.2, 0) is 19.5 Å². The topological polar surface area (TPSA) is 40.5 Å². The molecule has 0 aliphatic rings. The van der Waals surface area contributed by atoms with Crippen LogP contribution in [0.4, 0.5) is 4.79 Å². The molecule has 0 aromatic heterocycles. The molecule has 0 aliphatic heterocycles. The van der Waals surface area contributed by atoms with Crippen LogP contribution in [0.3, 0.4) is 0 Å². The van der Waals surface area contributed by atoms with Crippen LogP contribution >= 0.6 is 25.6 Å². The monoisotopic (exact) mass is 219 g/mol. The van der Waals surface area contributed by atoms with E-state index < -0.39 is 6.09 Å². The molecule has 0 saturated carbocycles. The van der Waals surface area contributed by atoms with Gasteiger partial charge in [0.05, 0.1) is 0 Å². The van der Waals surface area contributed by atoms with Crippen LogP contribution in [0, 0.1) is 14.9 Å². The van der Waals surface area contributed by atoms with Crippen LogP contribution in [0.15, 0.2) is 0 Å². The Morgan fingerprint density at radius 3 is 1.44 bits per heavy atom.